The maximum Gasteiger partial charge on any atom is 0.123 e. The Balaban J connectivity index is 2.64. The van der Waals surface area contributed by atoms with Crippen LogP contribution in [0.5, 0.6) is 0 Å². The molecule has 1 unspecified atom stereocenters. The molecule has 0 fully saturated rings. The van der Waals surface area contributed by atoms with Crippen LogP contribution in [-0.2, 0) is 4.74 Å². The molecule has 1 atom stereocenters. The minimum absolute atomic E-state index is 0.0286. The summed E-state index contributed by atoms with van der Waals surface area (Å²) < 4.78 is 19.7. The van der Waals surface area contributed by atoms with Crippen LogP contribution in [0, 0.1) is 9.39 Å². The Morgan fingerprint density at radius 1 is 1.47 bits per heavy atom. The van der Waals surface area contributed by atoms with E-state index in [4.69, 9.17) is 4.74 Å². The number of ether oxygens (including phenoxy) is 1. The third-order valence-electron chi connectivity index (χ3n) is 2.26. The predicted octanol–water partition coefficient (Wildman–Crippen LogP) is 4.31. The van der Waals surface area contributed by atoms with E-state index >= 15 is 0 Å². The molecular formula is C12H16FIO. The van der Waals surface area contributed by atoms with E-state index in [2.05, 4.69) is 29.5 Å². The fourth-order valence-electron chi connectivity index (χ4n) is 1.32. The summed E-state index contributed by atoms with van der Waals surface area (Å²) in [5, 5.41) is 0. The Labute approximate surface area is 104 Å². The molecule has 0 aliphatic heterocycles. The Morgan fingerprint density at radius 2 is 2.20 bits per heavy atom. The van der Waals surface area contributed by atoms with Gasteiger partial charge in [-0.25, -0.2) is 4.39 Å². The standard InChI is InChI=1S/C12H16FIO/c1-3-4-7-15-9(2)11-8-10(13)5-6-12(11)14/h5-6,8-9H,3-4,7H2,1-2H3. The lowest BCUT2D eigenvalue weighted by atomic mass is 10.1. The summed E-state index contributed by atoms with van der Waals surface area (Å²) in [7, 11) is 0. The zero-order valence-electron chi connectivity index (χ0n) is 9.09. The maximum atomic E-state index is 13.0. The van der Waals surface area contributed by atoms with E-state index in [1.807, 2.05) is 6.92 Å². The van der Waals surface area contributed by atoms with Gasteiger partial charge in [-0.15, -0.1) is 0 Å². The quantitative estimate of drug-likeness (QED) is 0.580. The number of halogens is 2. The topological polar surface area (TPSA) is 9.23 Å². The van der Waals surface area contributed by atoms with Crippen molar-refractivity contribution >= 4 is 22.6 Å². The van der Waals surface area contributed by atoms with Gasteiger partial charge in [-0.3, -0.25) is 0 Å². The minimum Gasteiger partial charge on any atom is -0.374 e. The minimum atomic E-state index is -0.198. The third-order valence-corrected chi connectivity index (χ3v) is 3.24. The van der Waals surface area contributed by atoms with Crippen molar-refractivity contribution in [2.75, 3.05) is 6.61 Å². The van der Waals surface area contributed by atoms with Crippen molar-refractivity contribution in [2.45, 2.75) is 32.8 Å². The van der Waals surface area contributed by atoms with E-state index in [1.54, 1.807) is 12.1 Å². The Hall–Kier alpha value is -0.160. The van der Waals surface area contributed by atoms with Crippen LogP contribution in [-0.4, -0.2) is 6.61 Å². The summed E-state index contributed by atoms with van der Waals surface area (Å²) in [5.41, 5.74) is 0.937. The van der Waals surface area contributed by atoms with Crippen LogP contribution in [0.25, 0.3) is 0 Å². The van der Waals surface area contributed by atoms with Crippen molar-refractivity contribution in [3.63, 3.8) is 0 Å². The lowest BCUT2D eigenvalue weighted by Crippen LogP contribution is -2.04. The zero-order chi connectivity index (χ0) is 11.3. The van der Waals surface area contributed by atoms with Gasteiger partial charge in [-0.05, 0) is 59.7 Å². The molecule has 0 aliphatic carbocycles. The second-order valence-corrected chi connectivity index (χ2v) is 4.69. The molecule has 1 aromatic rings. The largest absolute Gasteiger partial charge is 0.374 e. The molecule has 0 aliphatic rings. The van der Waals surface area contributed by atoms with Crippen molar-refractivity contribution in [1.29, 1.82) is 0 Å². The van der Waals surface area contributed by atoms with Gasteiger partial charge < -0.3 is 4.74 Å². The molecule has 0 aromatic heterocycles. The highest BCUT2D eigenvalue weighted by Gasteiger charge is 2.10. The van der Waals surface area contributed by atoms with Crippen LogP contribution in [0.4, 0.5) is 4.39 Å². The normalized spacial score (nSPS) is 12.8. The first-order chi connectivity index (χ1) is 7.15. The summed E-state index contributed by atoms with van der Waals surface area (Å²) in [6.45, 7) is 4.83. The van der Waals surface area contributed by atoms with Crippen molar-refractivity contribution in [3.05, 3.63) is 33.1 Å². The summed E-state index contributed by atoms with van der Waals surface area (Å²) in [4.78, 5) is 0. The average Bonchev–Trinajstić information content (AvgIpc) is 2.22. The molecule has 1 rings (SSSR count). The van der Waals surface area contributed by atoms with E-state index in [-0.39, 0.29) is 11.9 Å². The van der Waals surface area contributed by atoms with Gasteiger partial charge in [0.2, 0.25) is 0 Å². The molecule has 0 N–H and O–H groups in total. The number of rotatable bonds is 5. The molecule has 84 valence electrons. The van der Waals surface area contributed by atoms with E-state index in [0.717, 1.165) is 28.6 Å². The summed E-state index contributed by atoms with van der Waals surface area (Å²) in [6, 6.07) is 4.81. The molecule has 1 nitrogen and oxygen atoms in total. The second kappa shape index (κ2) is 6.43. The van der Waals surface area contributed by atoms with Gasteiger partial charge in [0.25, 0.3) is 0 Å². The van der Waals surface area contributed by atoms with Gasteiger partial charge in [-0.2, -0.15) is 0 Å². The van der Waals surface area contributed by atoms with Crippen molar-refractivity contribution in [3.8, 4) is 0 Å². The molecule has 1 aromatic carbocycles. The Morgan fingerprint density at radius 3 is 2.87 bits per heavy atom. The summed E-state index contributed by atoms with van der Waals surface area (Å²) in [6.07, 6.45) is 2.14. The molecule has 3 heteroatoms. The third kappa shape index (κ3) is 4.07. The van der Waals surface area contributed by atoms with E-state index in [0.29, 0.717) is 0 Å². The van der Waals surface area contributed by atoms with Crippen molar-refractivity contribution < 1.29 is 9.13 Å². The molecule has 0 amide bonds. The smallest absolute Gasteiger partial charge is 0.123 e. The van der Waals surface area contributed by atoms with Crippen LogP contribution < -0.4 is 0 Å². The van der Waals surface area contributed by atoms with Gasteiger partial charge in [0.15, 0.2) is 0 Å². The lowest BCUT2D eigenvalue weighted by molar-refractivity contribution is 0.0629. The first-order valence-electron chi connectivity index (χ1n) is 5.21. The van der Waals surface area contributed by atoms with Crippen LogP contribution in [0.1, 0.15) is 38.4 Å². The first-order valence-corrected chi connectivity index (χ1v) is 6.29. The monoisotopic (exact) mass is 322 g/mol. The summed E-state index contributed by atoms with van der Waals surface area (Å²) in [5.74, 6) is -0.198. The fourth-order valence-corrected chi connectivity index (χ4v) is 2.09. The molecule has 0 heterocycles. The van der Waals surface area contributed by atoms with Crippen molar-refractivity contribution in [2.24, 2.45) is 0 Å². The van der Waals surface area contributed by atoms with E-state index < -0.39 is 0 Å². The first kappa shape index (κ1) is 12.9. The van der Waals surface area contributed by atoms with Gasteiger partial charge in [0, 0.05) is 10.2 Å². The number of benzene rings is 1. The van der Waals surface area contributed by atoms with Crippen LogP contribution in [0.3, 0.4) is 0 Å². The predicted molar refractivity (Wildman–Crippen MR) is 68.4 cm³/mol. The number of unbranched alkanes of at least 4 members (excludes halogenated alkanes) is 1. The molecule has 15 heavy (non-hydrogen) atoms. The van der Waals surface area contributed by atoms with Crippen LogP contribution in [0.2, 0.25) is 0 Å². The molecule has 0 bridgehead atoms. The average molecular weight is 322 g/mol. The van der Waals surface area contributed by atoms with Crippen LogP contribution >= 0.6 is 22.6 Å². The van der Waals surface area contributed by atoms with Gasteiger partial charge in [0.05, 0.1) is 6.10 Å². The van der Waals surface area contributed by atoms with E-state index in [9.17, 15) is 4.39 Å². The maximum absolute atomic E-state index is 13.0. The zero-order valence-corrected chi connectivity index (χ0v) is 11.3. The lowest BCUT2D eigenvalue weighted by Gasteiger charge is -2.14. The van der Waals surface area contributed by atoms with Gasteiger partial charge in [0.1, 0.15) is 5.82 Å². The van der Waals surface area contributed by atoms with E-state index in [1.165, 1.54) is 6.07 Å². The highest BCUT2D eigenvalue weighted by atomic mass is 127. The highest BCUT2D eigenvalue weighted by Crippen LogP contribution is 2.23. The SMILES string of the molecule is CCCCOC(C)c1cc(F)ccc1I. The Kier molecular flexibility index (Phi) is 5.53. The van der Waals surface area contributed by atoms with Gasteiger partial charge in [-0.1, -0.05) is 13.3 Å². The molecule has 0 saturated carbocycles. The Bertz CT molecular complexity index is 314. The van der Waals surface area contributed by atoms with Crippen molar-refractivity contribution in [1.82, 2.24) is 0 Å². The number of hydrogen-bond donors (Lipinski definition) is 0. The molecule has 0 spiro atoms. The fraction of sp³-hybridized carbons (Fsp3) is 0.500. The van der Waals surface area contributed by atoms with Crippen LogP contribution in [0.15, 0.2) is 18.2 Å². The second-order valence-electron chi connectivity index (χ2n) is 3.53. The molecular weight excluding hydrogens is 306 g/mol. The van der Waals surface area contributed by atoms with Gasteiger partial charge >= 0.3 is 0 Å². The summed E-state index contributed by atoms with van der Waals surface area (Å²) >= 11 is 2.21. The molecule has 0 saturated heterocycles. The highest BCUT2D eigenvalue weighted by molar-refractivity contribution is 14.1. The number of hydrogen-bond acceptors (Lipinski definition) is 1. The molecule has 0 radical (unpaired) electrons.